The Bertz CT molecular complexity index is 649. The molecule has 0 heterocycles. The molecule has 0 saturated carbocycles. The van der Waals surface area contributed by atoms with Gasteiger partial charge in [-0.2, -0.15) is 0 Å². The Balaban J connectivity index is 2.47. The second-order valence-electron chi connectivity index (χ2n) is 3.63. The monoisotopic (exact) mass is 315 g/mol. The fourth-order valence-electron chi connectivity index (χ4n) is 1.51. The van der Waals surface area contributed by atoms with E-state index in [1.807, 2.05) is 0 Å². The number of halogens is 3. The van der Waals surface area contributed by atoms with Crippen LogP contribution in [0.5, 0.6) is 11.5 Å². The van der Waals surface area contributed by atoms with Crippen LogP contribution >= 0.6 is 35.4 Å². The average molecular weight is 316 g/mol. The second kappa shape index (κ2) is 5.74. The summed E-state index contributed by atoms with van der Waals surface area (Å²) in [6.45, 7) is 0. The Morgan fingerprint density at radius 1 is 1.05 bits per heavy atom. The van der Waals surface area contributed by atoms with E-state index in [-0.39, 0.29) is 21.5 Å². The fourth-order valence-corrected chi connectivity index (χ4v) is 2.21. The van der Waals surface area contributed by atoms with Crippen LogP contribution in [-0.2, 0) is 0 Å². The van der Waals surface area contributed by atoms with Gasteiger partial charge in [0.2, 0.25) is 0 Å². The van der Waals surface area contributed by atoms with Gasteiger partial charge < -0.3 is 10.5 Å². The van der Waals surface area contributed by atoms with Crippen LogP contribution in [0.1, 0.15) is 5.56 Å². The summed E-state index contributed by atoms with van der Waals surface area (Å²) < 4.78 is 19.2. The van der Waals surface area contributed by atoms with Gasteiger partial charge >= 0.3 is 0 Å². The number of hydrogen-bond acceptors (Lipinski definition) is 2. The molecule has 98 valence electrons. The Morgan fingerprint density at radius 2 is 1.63 bits per heavy atom. The molecular weight excluding hydrogens is 308 g/mol. The molecule has 2 aromatic carbocycles. The molecular formula is C13H8Cl2FNOS. The quantitative estimate of drug-likeness (QED) is 0.843. The van der Waals surface area contributed by atoms with Crippen molar-refractivity contribution in [3.05, 3.63) is 57.8 Å². The summed E-state index contributed by atoms with van der Waals surface area (Å²) >= 11 is 16.6. The van der Waals surface area contributed by atoms with Gasteiger partial charge in [-0.05, 0) is 24.3 Å². The van der Waals surface area contributed by atoms with Crippen LogP contribution in [0.15, 0.2) is 36.4 Å². The number of ether oxygens (including phenoxy) is 1. The number of hydrogen-bond donors (Lipinski definition) is 1. The van der Waals surface area contributed by atoms with Crippen molar-refractivity contribution in [2.24, 2.45) is 5.73 Å². The van der Waals surface area contributed by atoms with Crippen molar-refractivity contribution in [3.63, 3.8) is 0 Å². The smallest absolute Gasteiger partial charge is 0.184 e. The molecule has 0 aliphatic carbocycles. The minimum absolute atomic E-state index is 0.0210. The zero-order valence-corrected chi connectivity index (χ0v) is 11.8. The van der Waals surface area contributed by atoms with Crippen molar-refractivity contribution in [1.82, 2.24) is 0 Å². The largest absolute Gasteiger partial charge is 0.453 e. The molecule has 0 atom stereocenters. The molecule has 0 aromatic heterocycles. The third-order valence-electron chi connectivity index (χ3n) is 2.36. The first-order valence-corrected chi connectivity index (χ1v) is 6.37. The molecule has 0 unspecified atom stereocenters. The molecule has 0 aliphatic rings. The summed E-state index contributed by atoms with van der Waals surface area (Å²) in [7, 11) is 0. The fraction of sp³-hybridized carbons (Fsp3) is 0. The van der Waals surface area contributed by atoms with E-state index in [0.29, 0.717) is 10.6 Å². The molecule has 0 saturated heterocycles. The molecule has 19 heavy (non-hydrogen) atoms. The van der Waals surface area contributed by atoms with E-state index in [0.717, 1.165) is 0 Å². The van der Waals surface area contributed by atoms with Gasteiger partial charge in [-0.15, -0.1) is 0 Å². The SMILES string of the molecule is NC(=S)c1c(Cl)cccc1Oc1cccc(Cl)c1F. The number of benzene rings is 2. The van der Waals surface area contributed by atoms with E-state index in [4.69, 9.17) is 45.9 Å². The number of thiocarbonyl (C=S) groups is 1. The van der Waals surface area contributed by atoms with E-state index in [2.05, 4.69) is 0 Å². The lowest BCUT2D eigenvalue weighted by Crippen LogP contribution is -2.11. The minimum Gasteiger partial charge on any atom is -0.453 e. The number of rotatable bonds is 3. The van der Waals surface area contributed by atoms with Crippen LogP contribution in [-0.4, -0.2) is 4.99 Å². The van der Waals surface area contributed by atoms with Gasteiger partial charge in [-0.1, -0.05) is 47.6 Å². The Morgan fingerprint density at radius 3 is 2.26 bits per heavy atom. The van der Waals surface area contributed by atoms with Crippen molar-refractivity contribution in [2.45, 2.75) is 0 Å². The Hall–Kier alpha value is -1.36. The molecule has 2 nitrogen and oxygen atoms in total. The van der Waals surface area contributed by atoms with E-state index < -0.39 is 5.82 Å². The predicted molar refractivity (Wildman–Crippen MR) is 78.8 cm³/mol. The summed E-state index contributed by atoms with van der Waals surface area (Å²) in [4.78, 5) is 0.0723. The van der Waals surface area contributed by atoms with Gasteiger partial charge in [-0.25, -0.2) is 4.39 Å². The zero-order valence-electron chi connectivity index (χ0n) is 9.49. The minimum atomic E-state index is -0.655. The normalized spacial score (nSPS) is 10.3. The van der Waals surface area contributed by atoms with Gasteiger partial charge in [0, 0.05) is 0 Å². The summed E-state index contributed by atoms with van der Waals surface area (Å²) in [5.74, 6) is -0.397. The van der Waals surface area contributed by atoms with Crippen LogP contribution in [0.4, 0.5) is 4.39 Å². The molecule has 2 N–H and O–H groups in total. The third-order valence-corrected chi connectivity index (χ3v) is 3.17. The molecule has 0 fully saturated rings. The lowest BCUT2D eigenvalue weighted by Gasteiger charge is -2.12. The molecule has 6 heteroatoms. The maximum atomic E-state index is 13.8. The summed E-state index contributed by atoms with van der Waals surface area (Å²) in [5, 5.41) is 0.309. The van der Waals surface area contributed by atoms with Gasteiger partial charge in [0.25, 0.3) is 0 Å². The lowest BCUT2D eigenvalue weighted by atomic mass is 10.2. The lowest BCUT2D eigenvalue weighted by molar-refractivity contribution is 0.442. The standard InChI is InChI=1S/C13H8Cl2FNOS/c14-7-3-1-5-9(11(7)13(17)19)18-10-6-2-4-8(15)12(10)16/h1-6H,(H2,17,19). The van der Waals surface area contributed by atoms with Crippen LogP contribution < -0.4 is 10.5 Å². The van der Waals surface area contributed by atoms with Crippen molar-refractivity contribution >= 4 is 40.4 Å². The molecule has 2 rings (SSSR count). The highest BCUT2D eigenvalue weighted by Gasteiger charge is 2.14. The van der Waals surface area contributed by atoms with Gasteiger partial charge in [-0.3, -0.25) is 0 Å². The average Bonchev–Trinajstić information content (AvgIpc) is 2.34. The Kier molecular flexibility index (Phi) is 4.24. The number of nitrogens with two attached hydrogens (primary N) is 1. The topological polar surface area (TPSA) is 35.2 Å². The van der Waals surface area contributed by atoms with Crippen LogP contribution in [0.25, 0.3) is 0 Å². The molecule has 0 amide bonds. The predicted octanol–water partition coefficient (Wildman–Crippen LogP) is 4.56. The molecule has 0 bridgehead atoms. The van der Waals surface area contributed by atoms with E-state index in [9.17, 15) is 4.39 Å². The highest BCUT2D eigenvalue weighted by Crippen LogP contribution is 2.33. The molecule has 2 aromatic rings. The highest BCUT2D eigenvalue weighted by atomic mass is 35.5. The van der Waals surface area contributed by atoms with E-state index in [1.54, 1.807) is 24.3 Å². The summed E-state index contributed by atoms with van der Waals surface area (Å²) in [5.41, 5.74) is 5.94. The third kappa shape index (κ3) is 2.97. The first-order chi connectivity index (χ1) is 9.00. The first kappa shape index (κ1) is 14.1. The van der Waals surface area contributed by atoms with E-state index in [1.165, 1.54) is 12.1 Å². The maximum absolute atomic E-state index is 13.8. The zero-order chi connectivity index (χ0) is 14.0. The molecule has 0 radical (unpaired) electrons. The van der Waals surface area contributed by atoms with Gasteiger partial charge in [0.1, 0.15) is 10.7 Å². The van der Waals surface area contributed by atoms with Crippen molar-refractivity contribution in [3.8, 4) is 11.5 Å². The van der Waals surface area contributed by atoms with Crippen molar-refractivity contribution in [1.29, 1.82) is 0 Å². The van der Waals surface area contributed by atoms with Crippen LogP contribution in [0.3, 0.4) is 0 Å². The van der Waals surface area contributed by atoms with Crippen LogP contribution in [0.2, 0.25) is 10.0 Å². The van der Waals surface area contributed by atoms with Gasteiger partial charge in [0.05, 0.1) is 15.6 Å². The Labute approximate surface area is 124 Å². The molecule has 0 spiro atoms. The highest BCUT2D eigenvalue weighted by molar-refractivity contribution is 7.80. The van der Waals surface area contributed by atoms with E-state index >= 15 is 0 Å². The van der Waals surface area contributed by atoms with Crippen molar-refractivity contribution < 1.29 is 9.13 Å². The van der Waals surface area contributed by atoms with Crippen molar-refractivity contribution in [2.75, 3.05) is 0 Å². The van der Waals surface area contributed by atoms with Crippen LogP contribution in [0, 0.1) is 5.82 Å². The summed E-state index contributed by atoms with van der Waals surface area (Å²) in [6.07, 6.45) is 0. The molecule has 0 aliphatic heterocycles. The first-order valence-electron chi connectivity index (χ1n) is 5.21. The summed E-state index contributed by atoms with van der Waals surface area (Å²) in [6, 6.07) is 9.33. The maximum Gasteiger partial charge on any atom is 0.184 e. The second-order valence-corrected chi connectivity index (χ2v) is 4.89. The van der Waals surface area contributed by atoms with Gasteiger partial charge in [0.15, 0.2) is 11.6 Å².